The molecule has 0 fully saturated rings. The van der Waals surface area contributed by atoms with Gasteiger partial charge < -0.3 is 10.6 Å². The highest BCUT2D eigenvalue weighted by molar-refractivity contribution is 7.99. The van der Waals surface area contributed by atoms with Gasteiger partial charge >= 0.3 is 0 Å². The molecule has 4 rings (SSSR count). The first-order chi connectivity index (χ1) is 17.3. The Morgan fingerprint density at radius 1 is 0.833 bits per heavy atom. The van der Waals surface area contributed by atoms with Gasteiger partial charge in [0.2, 0.25) is 11.8 Å². The van der Waals surface area contributed by atoms with Gasteiger partial charge in [0.1, 0.15) is 5.75 Å². The van der Waals surface area contributed by atoms with Crippen molar-refractivity contribution in [3.05, 3.63) is 90.8 Å². The van der Waals surface area contributed by atoms with Crippen molar-refractivity contribution in [2.75, 3.05) is 16.4 Å². The lowest BCUT2D eigenvalue weighted by Crippen LogP contribution is -2.15. The van der Waals surface area contributed by atoms with Crippen LogP contribution in [0.3, 0.4) is 0 Å². The van der Waals surface area contributed by atoms with Crippen LogP contribution in [0.2, 0.25) is 0 Å². The van der Waals surface area contributed by atoms with E-state index < -0.39 is 9.84 Å². The number of hydrogen-bond donors (Lipinski definition) is 2. The molecule has 2 N–H and O–H groups in total. The van der Waals surface area contributed by atoms with E-state index in [1.807, 2.05) is 30.3 Å². The number of anilines is 2. The van der Waals surface area contributed by atoms with Crippen LogP contribution in [0.15, 0.2) is 95.0 Å². The van der Waals surface area contributed by atoms with Crippen LogP contribution in [0.25, 0.3) is 5.69 Å². The number of rotatable bonds is 9. The summed E-state index contributed by atoms with van der Waals surface area (Å²) in [6.07, 6.45) is 0. The second-order valence-corrected chi connectivity index (χ2v) is 10.7. The molecule has 9 nitrogen and oxygen atoms in total. The molecule has 0 aliphatic heterocycles. The molecule has 3 aromatic carbocycles. The zero-order chi connectivity index (χ0) is 25.5. The molecule has 184 valence electrons. The van der Waals surface area contributed by atoms with Crippen molar-refractivity contribution < 1.29 is 18.0 Å². The van der Waals surface area contributed by atoms with Crippen molar-refractivity contribution in [3.63, 3.8) is 0 Å². The number of benzene rings is 3. The lowest BCUT2D eigenvalue weighted by molar-refractivity contribution is -0.114. The number of thioether (sulfide) groups is 1. The van der Waals surface area contributed by atoms with E-state index in [9.17, 15) is 18.0 Å². The predicted octanol–water partition coefficient (Wildman–Crippen LogP) is 3.93. The molecule has 1 heterocycles. The number of aromatic nitrogens is 3. The lowest BCUT2D eigenvalue weighted by atomic mass is 10.3. The standard InChI is InChI=1S/C25H23N5O4S2/c1-18(31)26-19-12-14-20(15-13-19)27-24(32)16-35-25-29-28-23(30(25)21-8-4-2-5-9-21)17-36(33,34)22-10-6-3-7-11-22/h2-15H,16-17H2,1H3,(H,26,31)(H,27,32). The minimum Gasteiger partial charge on any atom is -0.326 e. The molecule has 0 unspecified atom stereocenters. The molecule has 0 radical (unpaired) electrons. The minimum atomic E-state index is -3.65. The maximum absolute atomic E-state index is 13.0. The number of hydrogen-bond acceptors (Lipinski definition) is 7. The molecule has 0 bridgehead atoms. The summed E-state index contributed by atoms with van der Waals surface area (Å²) >= 11 is 1.15. The normalized spacial score (nSPS) is 11.1. The third-order valence-corrected chi connectivity index (χ3v) is 7.52. The molecule has 4 aromatic rings. The number of sulfone groups is 1. The van der Waals surface area contributed by atoms with E-state index in [0.29, 0.717) is 22.2 Å². The number of nitrogens with zero attached hydrogens (tertiary/aromatic N) is 3. The maximum atomic E-state index is 13.0. The molecule has 0 spiro atoms. The third kappa shape index (κ3) is 6.37. The minimum absolute atomic E-state index is 0.0316. The maximum Gasteiger partial charge on any atom is 0.234 e. The molecule has 36 heavy (non-hydrogen) atoms. The number of carbonyl (C=O) groups excluding carboxylic acids is 2. The predicted molar refractivity (Wildman–Crippen MR) is 139 cm³/mol. The summed E-state index contributed by atoms with van der Waals surface area (Å²) in [4.78, 5) is 23.9. The highest BCUT2D eigenvalue weighted by atomic mass is 32.2. The molecule has 0 saturated heterocycles. The molecular formula is C25H23N5O4S2. The Morgan fingerprint density at radius 3 is 2.03 bits per heavy atom. The molecule has 1 aromatic heterocycles. The number of para-hydroxylation sites is 1. The van der Waals surface area contributed by atoms with Crippen LogP contribution in [0.5, 0.6) is 0 Å². The first-order valence-electron chi connectivity index (χ1n) is 10.9. The smallest absolute Gasteiger partial charge is 0.234 e. The Morgan fingerprint density at radius 2 is 1.42 bits per heavy atom. The fraction of sp³-hybridized carbons (Fsp3) is 0.120. The Kier molecular flexibility index (Phi) is 7.81. The SMILES string of the molecule is CC(=O)Nc1ccc(NC(=O)CSc2nnc(CS(=O)(=O)c3ccccc3)n2-c2ccccc2)cc1. The average Bonchev–Trinajstić information content (AvgIpc) is 3.26. The average molecular weight is 522 g/mol. The van der Waals surface area contributed by atoms with Gasteiger partial charge in [0.05, 0.1) is 10.6 Å². The fourth-order valence-corrected chi connectivity index (χ4v) is 5.41. The van der Waals surface area contributed by atoms with Gasteiger partial charge in [-0.2, -0.15) is 0 Å². The Bertz CT molecular complexity index is 1460. The highest BCUT2D eigenvalue weighted by Crippen LogP contribution is 2.25. The van der Waals surface area contributed by atoms with Gasteiger partial charge in [-0.1, -0.05) is 48.2 Å². The zero-order valence-electron chi connectivity index (χ0n) is 19.3. The van der Waals surface area contributed by atoms with E-state index in [0.717, 1.165) is 11.8 Å². The van der Waals surface area contributed by atoms with Crippen molar-refractivity contribution in [1.29, 1.82) is 0 Å². The van der Waals surface area contributed by atoms with Gasteiger partial charge in [-0.05, 0) is 48.5 Å². The van der Waals surface area contributed by atoms with Crippen molar-refractivity contribution in [2.24, 2.45) is 0 Å². The van der Waals surface area contributed by atoms with E-state index in [-0.39, 0.29) is 34.0 Å². The molecule has 0 saturated carbocycles. The van der Waals surface area contributed by atoms with Crippen molar-refractivity contribution in [1.82, 2.24) is 14.8 Å². The van der Waals surface area contributed by atoms with Crippen LogP contribution >= 0.6 is 11.8 Å². The van der Waals surface area contributed by atoms with Crippen molar-refractivity contribution in [3.8, 4) is 5.69 Å². The Labute approximate surface area is 212 Å². The van der Waals surface area contributed by atoms with E-state index in [2.05, 4.69) is 20.8 Å². The van der Waals surface area contributed by atoms with Crippen LogP contribution in [-0.4, -0.2) is 40.7 Å². The molecule has 0 atom stereocenters. The number of nitrogens with one attached hydrogen (secondary N) is 2. The van der Waals surface area contributed by atoms with Crippen LogP contribution in [-0.2, 0) is 25.2 Å². The summed E-state index contributed by atoms with van der Waals surface area (Å²) in [6, 6.07) is 24.1. The lowest BCUT2D eigenvalue weighted by Gasteiger charge is -2.11. The van der Waals surface area contributed by atoms with Gasteiger partial charge in [0.15, 0.2) is 20.8 Å². The summed E-state index contributed by atoms with van der Waals surface area (Å²) < 4.78 is 27.6. The Balaban J connectivity index is 1.50. The zero-order valence-corrected chi connectivity index (χ0v) is 20.9. The first kappa shape index (κ1) is 25.1. The molecular weight excluding hydrogens is 498 g/mol. The third-order valence-electron chi connectivity index (χ3n) is 4.96. The summed E-state index contributed by atoms with van der Waals surface area (Å²) in [5, 5.41) is 14.2. The summed E-state index contributed by atoms with van der Waals surface area (Å²) in [7, 11) is -3.65. The van der Waals surface area contributed by atoms with E-state index in [1.54, 1.807) is 59.2 Å². The van der Waals surface area contributed by atoms with Crippen LogP contribution in [0, 0.1) is 0 Å². The molecule has 11 heteroatoms. The largest absolute Gasteiger partial charge is 0.326 e. The van der Waals surface area contributed by atoms with Crippen molar-refractivity contribution in [2.45, 2.75) is 22.7 Å². The second-order valence-electron chi connectivity index (χ2n) is 7.74. The monoisotopic (exact) mass is 521 g/mol. The van der Waals surface area contributed by atoms with Gasteiger partial charge in [0.25, 0.3) is 0 Å². The topological polar surface area (TPSA) is 123 Å². The fourth-order valence-electron chi connectivity index (χ4n) is 3.37. The van der Waals surface area contributed by atoms with Gasteiger partial charge in [-0.15, -0.1) is 10.2 Å². The number of amides is 2. The van der Waals surface area contributed by atoms with E-state index in [4.69, 9.17) is 0 Å². The molecule has 2 amide bonds. The highest BCUT2D eigenvalue weighted by Gasteiger charge is 2.23. The van der Waals surface area contributed by atoms with Gasteiger partial charge in [-0.3, -0.25) is 14.2 Å². The van der Waals surface area contributed by atoms with E-state index in [1.165, 1.54) is 6.92 Å². The summed E-state index contributed by atoms with van der Waals surface area (Å²) in [5.41, 5.74) is 1.90. The molecule has 0 aliphatic rings. The Hall–Kier alpha value is -3.96. The summed E-state index contributed by atoms with van der Waals surface area (Å²) in [5.74, 6) is -0.507. The quantitative estimate of drug-likeness (QED) is 0.320. The number of carbonyl (C=O) groups is 2. The van der Waals surface area contributed by atoms with Crippen LogP contribution in [0.1, 0.15) is 12.7 Å². The van der Waals surface area contributed by atoms with Gasteiger partial charge in [0, 0.05) is 24.0 Å². The molecule has 0 aliphatic carbocycles. The first-order valence-corrected chi connectivity index (χ1v) is 13.5. The second kappa shape index (κ2) is 11.2. The van der Waals surface area contributed by atoms with Gasteiger partial charge in [-0.25, -0.2) is 8.42 Å². The van der Waals surface area contributed by atoms with E-state index >= 15 is 0 Å². The van der Waals surface area contributed by atoms with Crippen LogP contribution < -0.4 is 10.6 Å². The van der Waals surface area contributed by atoms with Crippen LogP contribution in [0.4, 0.5) is 11.4 Å². The summed E-state index contributed by atoms with van der Waals surface area (Å²) in [6.45, 7) is 1.42. The van der Waals surface area contributed by atoms with Crippen molar-refractivity contribution >= 4 is 44.8 Å².